The summed E-state index contributed by atoms with van der Waals surface area (Å²) in [7, 11) is 0. The summed E-state index contributed by atoms with van der Waals surface area (Å²) in [6.45, 7) is 3.98. The smallest absolute Gasteiger partial charge is 0.265 e. The molecular weight excluding hydrogens is 368 g/mol. The zero-order valence-corrected chi connectivity index (χ0v) is 15.3. The highest BCUT2D eigenvalue weighted by Crippen LogP contribution is 2.22. The predicted octanol–water partition coefficient (Wildman–Crippen LogP) is 4.46. The third-order valence-electron chi connectivity index (χ3n) is 4.10. The number of rotatable bonds is 5. The van der Waals surface area contributed by atoms with E-state index in [0.29, 0.717) is 5.75 Å². The fourth-order valence-corrected chi connectivity index (χ4v) is 3.01. The number of ether oxygens (including phenoxy) is 1. The molecule has 2 aromatic rings. The Morgan fingerprint density at radius 1 is 1.08 bits per heavy atom. The van der Waals surface area contributed by atoms with E-state index in [2.05, 4.69) is 38.3 Å². The van der Waals surface area contributed by atoms with Crippen LogP contribution in [0.5, 0.6) is 5.75 Å². The highest BCUT2D eigenvalue weighted by molar-refractivity contribution is 9.10. The summed E-state index contributed by atoms with van der Waals surface area (Å²) in [5.41, 5.74) is 2.00. The molecular formula is C19H21BrN2O2. The number of hydrogen-bond donors (Lipinski definition) is 1. The summed E-state index contributed by atoms with van der Waals surface area (Å²) < 4.78 is 6.64. The van der Waals surface area contributed by atoms with Gasteiger partial charge in [-0.25, -0.2) is 0 Å². The summed E-state index contributed by atoms with van der Waals surface area (Å²) in [6.07, 6.45) is 1.94. The van der Waals surface area contributed by atoms with E-state index in [1.165, 1.54) is 18.5 Å². The second-order valence-corrected chi connectivity index (χ2v) is 6.86. The summed E-state index contributed by atoms with van der Waals surface area (Å²) in [4.78, 5) is 14.6. The first-order chi connectivity index (χ1) is 11.6. The van der Waals surface area contributed by atoms with Crippen LogP contribution in [0.4, 0.5) is 11.4 Å². The quantitative estimate of drug-likeness (QED) is 0.821. The average molecular weight is 389 g/mol. The maximum atomic E-state index is 12.3. The zero-order chi connectivity index (χ0) is 16.9. The minimum atomic E-state index is -0.565. The molecule has 0 aliphatic carbocycles. The van der Waals surface area contributed by atoms with Crippen LogP contribution in [0.15, 0.2) is 53.0 Å². The third-order valence-corrected chi connectivity index (χ3v) is 4.63. The fraction of sp³-hybridized carbons (Fsp3) is 0.316. The Hall–Kier alpha value is -2.01. The second-order valence-electron chi connectivity index (χ2n) is 5.94. The van der Waals surface area contributed by atoms with Crippen LogP contribution >= 0.6 is 15.9 Å². The van der Waals surface area contributed by atoms with Gasteiger partial charge in [-0.05, 0) is 68.3 Å². The maximum absolute atomic E-state index is 12.3. The largest absolute Gasteiger partial charge is 0.481 e. The van der Waals surface area contributed by atoms with Gasteiger partial charge in [0.25, 0.3) is 5.91 Å². The van der Waals surface area contributed by atoms with Crippen molar-refractivity contribution in [2.24, 2.45) is 0 Å². The molecule has 1 amide bonds. The van der Waals surface area contributed by atoms with Crippen LogP contribution in [-0.4, -0.2) is 25.1 Å². The Bertz CT molecular complexity index is 680. The molecule has 1 saturated heterocycles. The Balaban J connectivity index is 1.56. The first-order valence-corrected chi connectivity index (χ1v) is 8.99. The molecule has 0 spiro atoms. The SMILES string of the molecule is CC(Oc1ccc(Br)cc1)C(=O)Nc1ccc(N2CCCC2)cc1. The van der Waals surface area contributed by atoms with Crippen LogP contribution in [0.1, 0.15) is 19.8 Å². The normalized spacial score (nSPS) is 15.2. The van der Waals surface area contributed by atoms with Crippen molar-refractivity contribution in [3.8, 4) is 5.75 Å². The van der Waals surface area contributed by atoms with Gasteiger partial charge in [-0.2, -0.15) is 0 Å². The average Bonchev–Trinajstić information content (AvgIpc) is 3.12. The molecule has 4 nitrogen and oxygen atoms in total. The lowest BCUT2D eigenvalue weighted by Crippen LogP contribution is -2.30. The van der Waals surface area contributed by atoms with Crippen LogP contribution in [0, 0.1) is 0 Å². The van der Waals surface area contributed by atoms with Gasteiger partial charge in [-0.1, -0.05) is 15.9 Å². The number of carbonyl (C=O) groups is 1. The molecule has 126 valence electrons. The first kappa shape index (κ1) is 16.8. The number of carbonyl (C=O) groups excluding carboxylic acids is 1. The zero-order valence-electron chi connectivity index (χ0n) is 13.7. The van der Waals surface area contributed by atoms with Crippen molar-refractivity contribution in [1.82, 2.24) is 0 Å². The van der Waals surface area contributed by atoms with Crippen LogP contribution < -0.4 is 15.0 Å². The fourth-order valence-electron chi connectivity index (χ4n) is 2.75. The Morgan fingerprint density at radius 2 is 1.71 bits per heavy atom. The molecule has 24 heavy (non-hydrogen) atoms. The number of nitrogens with one attached hydrogen (secondary N) is 1. The van der Waals surface area contributed by atoms with Crippen LogP contribution in [-0.2, 0) is 4.79 Å². The lowest BCUT2D eigenvalue weighted by Gasteiger charge is -2.18. The van der Waals surface area contributed by atoms with Gasteiger partial charge >= 0.3 is 0 Å². The van der Waals surface area contributed by atoms with Crippen molar-refractivity contribution in [3.63, 3.8) is 0 Å². The Kier molecular flexibility index (Phi) is 5.41. The molecule has 0 bridgehead atoms. The summed E-state index contributed by atoms with van der Waals surface area (Å²) in [5.74, 6) is 0.511. The van der Waals surface area contributed by atoms with E-state index in [1.807, 2.05) is 36.4 Å². The van der Waals surface area contributed by atoms with E-state index >= 15 is 0 Å². The Labute approximate surface area is 150 Å². The van der Waals surface area contributed by atoms with Gasteiger partial charge in [-0.3, -0.25) is 4.79 Å². The van der Waals surface area contributed by atoms with Crippen LogP contribution in [0.2, 0.25) is 0 Å². The van der Waals surface area contributed by atoms with Crippen LogP contribution in [0.25, 0.3) is 0 Å². The van der Waals surface area contributed by atoms with Gasteiger partial charge < -0.3 is 15.0 Å². The van der Waals surface area contributed by atoms with Crippen molar-refractivity contribution in [3.05, 3.63) is 53.0 Å². The summed E-state index contributed by atoms with van der Waals surface area (Å²) >= 11 is 3.38. The lowest BCUT2D eigenvalue weighted by atomic mass is 10.2. The molecule has 1 aliphatic rings. The summed E-state index contributed by atoms with van der Waals surface area (Å²) in [6, 6.07) is 15.4. The molecule has 3 rings (SSSR count). The van der Waals surface area contributed by atoms with Crippen molar-refractivity contribution >= 4 is 33.2 Å². The molecule has 1 N–H and O–H groups in total. The van der Waals surface area contributed by atoms with Gasteiger partial charge in [0.15, 0.2) is 6.10 Å². The Morgan fingerprint density at radius 3 is 2.33 bits per heavy atom. The third kappa shape index (κ3) is 4.29. The standard InChI is InChI=1S/C19H21BrN2O2/c1-14(24-18-10-4-15(20)5-11-18)19(23)21-16-6-8-17(9-7-16)22-12-2-3-13-22/h4-11,14H,2-3,12-13H2,1H3,(H,21,23). The monoisotopic (exact) mass is 388 g/mol. The molecule has 1 heterocycles. The number of amides is 1. The molecule has 1 atom stereocenters. The minimum Gasteiger partial charge on any atom is -0.481 e. The molecule has 2 aromatic carbocycles. The minimum absolute atomic E-state index is 0.160. The topological polar surface area (TPSA) is 41.6 Å². The molecule has 5 heteroatoms. The molecule has 0 saturated carbocycles. The van der Waals surface area contributed by atoms with Crippen molar-refractivity contribution < 1.29 is 9.53 Å². The molecule has 0 aromatic heterocycles. The number of halogens is 1. The van der Waals surface area contributed by atoms with E-state index in [9.17, 15) is 4.79 Å². The second kappa shape index (κ2) is 7.71. The van der Waals surface area contributed by atoms with Gasteiger partial charge in [0.05, 0.1) is 0 Å². The number of anilines is 2. The van der Waals surface area contributed by atoms with E-state index in [4.69, 9.17) is 4.74 Å². The molecule has 1 fully saturated rings. The van der Waals surface area contributed by atoms with Crippen molar-refractivity contribution in [1.29, 1.82) is 0 Å². The number of hydrogen-bond acceptors (Lipinski definition) is 3. The van der Waals surface area contributed by atoms with Gasteiger partial charge in [0.1, 0.15) is 5.75 Å². The maximum Gasteiger partial charge on any atom is 0.265 e. The van der Waals surface area contributed by atoms with E-state index in [-0.39, 0.29) is 5.91 Å². The molecule has 1 aliphatic heterocycles. The van der Waals surface area contributed by atoms with E-state index in [1.54, 1.807) is 6.92 Å². The first-order valence-electron chi connectivity index (χ1n) is 8.20. The lowest BCUT2D eigenvalue weighted by molar-refractivity contribution is -0.122. The highest BCUT2D eigenvalue weighted by Gasteiger charge is 2.16. The van der Waals surface area contributed by atoms with E-state index < -0.39 is 6.10 Å². The number of benzene rings is 2. The van der Waals surface area contributed by atoms with Crippen LogP contribution in [0.3, 0.4) is 0 Å². The van der Waals surface area contributed by atoms with E-state index in [0.717, 1.165) is 23.2 Å². The number of nitrogens with zero attached hydrogens (tertiary/aromatic N) is 1. The van der Waals surface area contributed by atoms with Gasteiger partial charge in [0.2, 0.25) is 0 Å². The van der Waals surface area contributed by atoms with Gasteiger partial charge in [-0.15, -0.1) is 0 Å². The molecule has 0 radical (unpaired) electrons. The molecule has 1 unspecified atom stereocenters. The van der Waals surface area contributed by atoms with Gasteiger partial charge in [0, 0.05) is 28.9 Å². The highest BCUT2D eigenvalue weighted by atomic mass is 79.9. The van der Waals surface area contributed by atoms with Crippen molar-refractivity contribution in [2.45, 2.75) is 25.9 Å². The van der Waals surface area contributed by atoms with Crippen molar-refractivity contribution in [2.75, 3.05) is 23.3 Å². The predicted molar refractivity (Wildman–Crippen MR) is 101 cm³/mol. The summed E-state index contributed by atoms with van der Waals surface area (Å²) in [5, 5.41) is 2.90.